The topological polar surface area (TPSA) is 69.6 Å². The van der Waals surface area contributed by atoms with Crippen LogP contribution in [0.25, 0.3) is 0 Å². The summed E-state index contributed by atoms with van der Waals surface area (Å²) in [6.07, 6.45) is 2.64. The first-order chi connectivity index (χ1) is 11.6. The standard InChI is InChI=1S/C18H21FN2O3/c19-15-7-10(14-2-4-17(23)20-18(14)24)1-3-16(15)21-8-11-5-13(21)6-12(11)9-22/h1,3,7,11-14,22H,2,4-6,8-9H2,(H,20,23,24)/t11?,12-,13?,14?/m1/s1. The third-order valence-electron chi connectivity index (χ3n) is 5.85. The lowest BCUT2D eigenvalue weighted by molar-refractivity contribution is -0.134. The molecule has 1 saturated carbocycles. The van der Waals surface area contributed by atoms with Crippen LogP contribution >= 0.6 is 0 Å². The number of hydrogen-bond acceptors (Lipinski definition) is 4. The van der Waals surface area contributed by atoms with Crippen LogP contribution < -0.4 is 10.2 Å². The Kier molecular flexibility index (Phi) is 3.79. The van der Waals surface area contributed by atoms with Crippen molar-refractivity contribution in [2.45, 2.75) is 37.6 Å². The predicted octanol–water partition coefficient (Wildman–Crippen LogP) is 1.55. The summed E-state index contributed by atoms with van der Waals surface area (Å²) in [5, 5.41) is 11.7. The predicted molar refractivity (Wildman–Crippen MR) is 86.0 cm³/mol. The normalized spacial score (nSPS) is 32.3. The third-order valence-corrected chi connectivity index (χ3v) is 5.85. The number of amides is 2. The second kappa shape index (κ2) is 5.84. The number of hydrogen-bond donors (Lipinski definition) is 2. The van der Waals surface area contributed by atoms with Crippen LogP contribution in [0.15, 0.2) is 18.2 Å². The summed E-state index contributed by atoms with van der Waals surface area (Å²) < 4.78 is 14.7. The zero-order valence-corrected chi connectivity index (χ0v) is 13.4. The largest absolute Gasteiger partial charge is 0.396 e. The quantitative estimate of drug-likeness (QED) is 0.824. The molecule has 2 saturated heterocycles. The van der Waals surface area contributed by atoms with Crippen LogP contribution in [0.1, 0.15) is 37.2 Å². The van der Waals surface area contributed by atoms with E-state index in [1.165, 1.54) is 6.07 Å². The van der Waals surface area contributed by atoms with E-state index in [0.717, 1.165) is 19.4 Å². The summed E-state index contributed by atoms with van der Waals surface area (Å²) in [6, 6.07) is 5.28. The fourth-order valence-corrected chi connectivity index (χ4v) is 4.56. The van der Waals surface area contributed by atoms with Gasteiger partial charge in [0, 0.05) is 25.6 Å². The minimum absolute atomic E-state index is 0.214. The molecule has 3 aliphatic rings. The highest BCUT2D eigenvalue weighted by atomic mass is 19.1. The van der Waals surface area contributed by atoms with E-state index in [2.05, 4.69) is 10.2 Å². The van der Waals surface area contributed by atoms with Crippen molar-refractivity contribution in [1.29, 1.82) is 0 Å². The molecule has 3 unspecified atom stereocenters. The van der Waals surface area contributed by atoms with Gasteiger partial charge in [-0.1, -0.05) is 6.07 Å². The highest BCUT2D eigenvalue weighted by Gasteiger charge is 2.44. The van der Waals surface area contributed by atoms with Crippen molar-refractivity contribution in [2.24, 2.45) is 11.8 Å². The molecule has 2 aliphatic heterocycles. The van der Waals surface area contributed by atoms with Gasteiger partial charge in [-0.2, -0.15) is 0 Å². The first-order valence-electron chi connectivity index (χ1n) is 8.57. The second-order valence-electron chi connectivity index (χ2n) is 7.19. The fraction of sp³-hybridized carbons (Fsp3) is 0.556. The Bertz CT molecular complexity index is 693. The van der Waals surface area contributed by atoms with Crippen LogP contribution in [0.4, 0.5) is 10.1 Å². The van der Waals surface area contributed by atoms with Crippen LogP contribution in [0.2, 0.25) is 0 Å². The number of piperidine rings is 2. The van der Waals surface area contributed by atoms with E-state index >= 15 is 0 Å². The highest BCUT2D eigenvalue weighted by molar-refractivity contribution is 6.00. The molecule has 1 aromatic rings. The Morgan fingerprint density at radius 2 is 2.12 bits per heavy atom. The van der Waals surface area contributed by atoms with Gasteiger partial charge in [0.15, 0.2) is 0 Å². The fourth-order valence-electron chi connectivity index (χ4n) is 4.56. The molecule has 0 spiro atoms. The number of aliphatic hydroxyl groups excluding tert-OH is 1. The van der Waals surface area contributed by atoms with Gasteiger partial charge >= 0.3 is 0 Å². The van der Waals surface area contributed by atoms with Crippen molar-refractivity contribution < 1.29 is 19.1 Å². The number of imide groups is 1. The molecule has 2 bridgehead atoms. The van der Waals surface area contributed by atoms with E-state index in [4.69, 9.17) is 0 Å². The SMILES string of the molecule is O=C1CCC(c2ccc(N3CC4CC3C[C@@H]4CO)c(F)c2)C(=O)N1. The van der Waals surface area contributed by atoms with E-state index in [-0.39, 0.29) is 30.7 Å². The van der Waals surface area contributed by atoms with Crippen molar-refractivity contribution >= 4 is 17.5 Å². The second-order valence-corrected chi connectivity index (χ2v) is 7.19. The maximum Gasteiger partial charge on any atom is 0.234 e. The number of rotatable bonds is 3. The number of fused-ring (bicyclic) bond motifs is 2. The van der Waals surface area contributed by atoms with Crippen LogP contribution in [0, 0.1) is 17.7 Å². The minimum Gasteiger partial charge on any atom is -0.396 e. The van der Waals surface area contributed by atoms with Gasteiger partial charge < -0.3 is 10.0 Å². The van der Waals surface area contributed by atoms with E-state index in [9.17, 15) is 19.1 Å². The average molecular weight is 332 g/mol. The Morgan fingerprint density at radius 3 is 2.75 bits per heavy atom. The first-order valence-corrected chi connectivity index (χ1v) is 8.57. The van der Waals surface area contributed by atoms with E-state index in [0.29, 0.717) is 35.5 Å². The Balaban J connectivity index is 1.53. The van der Waals surface area contributed by atoms with Gasteiger partial charge in [-0.15, -0.1) is 0 Å². The smallest absolute Gasteiger partial charge is 0.234 e. The molecule has 2 N–H and O–H groups in total. The lowest BCUT2D eigenvalue weighted by Crippen LogP contribution is -2.39. The molecular weight excluding hydrogens is 311 g/mol. The summed E-state index contributed by atoms with van der Waals surface area (Å²) in [7, 11) is 0. The molecular formula is C18H21FN2O3. The van der Waals surface area contributed by atoms with Gasteiger partial charge in [-0.3, -0.25) is 14.9 Å². The molecule has 0 radical (unpaired) electrons. The molecule has 4 atom stereocenters. The van der Waals surface area contributed by atoms with Gasteiger partial charge in [0.1, 0.15) is 5.82 Å². The lowest BCUT2D eigenvalue weighted by Gasteiger charge is -2.33. The highest BCUT2D eigenvalue weighted by Crippen LogP contribution is 2.44. The monoisotopic (exact) mass is 332 g/mol. The summed E-state index contributed by atoms with van der Waals surface area (Å²) in [4.78, 5) is 25.3. The molecule has 2 heterocycles. The molecule has 3 fully saturated rings. The van der Waals surface area contributed by atoms with Crippen LogP contribution in [0.3, 0.4) is 0 Å². The summed E-state index contributed by atoms with van der Waals surface area (Å²) >= 11 is 0. The van der Waals surface area contributed by atoms with Gasteiger partial charge in [0.2, 0.25) is 11.8 Å². The van der Waals surface area contributed by atoms with Crippen molar-refractivity contribution in [3.8, 4) is 0 Å². The zero-order valence-electron chi connectivity index (χ0n) is 13.4. The van der Waals surface area contributed by atoms with Gasteiger partial charge in [-0.25, -0.2) is 4.39 Å². The molecule has 2 amide bonds. The van der Waals surface area contributed by atoms with Gasteiger partial charge in [0.25, 0.3) is 0 Å². The molecule has 6 heteroatoms. The van der Waals surface area contributed by atoms with Crippen molar-refractivity contribution in [3.05, 3.63) is 29.6 Å². The third kappa shape index (κ3) is 2.49. The number of carbonyl (C=O) groups is 2. The molecule has 0 aromatic heterocycles. The number of halogens is 1. The van der Waals surface area contributed by atoms with E-state index in [1.807, 2.05) is 0 Å². The van der Waals surface area contributed by atoms with Crippen molar-refractivity contribution in [1.82, 2.24) is 5.32 Å². The number of aliphatic hydroxyl groups is 1. The molecule has 24 heavy (non-hydrogen) atoms. The molecule has 1 aliphatic carbocycles. The lowest BCUT2D eigenvalue weighted by atomic mass is 9.90. The Labute approximate surface area is 139 Å². The molecule has 4 rings (SSSR count). The minimum atomic E-state index is -0.458. The number of nitrogens with zero attached hydrogens (tertiary/aromatic N) is 1. The summed E-state index contributed by atoms with van der Waals surface area (Å²) in [5.41, 5.74) is 1.20. The number of anilines is 1. The van der Waals surface area contributed by atoms with E-state index < -0.39 is 5.92 Å². The Morgan fingerprint density at radius 1 is 1.29 bits per heavy atom. The van der Waals surface area contributed by atoms with Crippen molar-refractivity contribution in [2.75, 3.05) is 18.1 Å². The average Bonchev–Trinajstić information content (AvgIpc) is 3.14. The maximum atomic E-state index is 14.7. The maximum absolute atomic E-state index is 14.7. The molecule has 1 aromatic carbocycles. The zero-order chi connectivity index (χ0) is 16.8. The Hall–Kier alpha value is -1.95. The van der Waals surface area contributed by atoms with Gasteiger partial charge in [0.05, 0.1) is 11.6 Å². The number of benzene rings is 1. The van der Waals surface area contributed by atoms with Crippen molar-refractivity contribution in [3.63, 3.8) is 0 Å². The first kappa shape index (κ1) is 15.6. The molecule has 5 nitrogen and oxygen atoms in total. The summed E-state index contributed by atoms with van der Waals surface area (Å²) in [5.74, 6) is -0.596. The summed E-state index contributed by atoms with van der Waals surface area (Å²) in [6.45, 7) is 0.997. The molecule has 128 valence electrons. The number of carbonyl (C=O) groups excluding carboxylic acids is 2. The van der Waals surface area contributed by atoms with Crippen LogP contribution in [-0.4, -0.2) is 36.1 Å². The van der Waals surface area contributed by atoms with E-state index in [1.54, 1.807) is 12.1 Å². The van der Waals surface area contributed by atoms with Crippen LogP contribution in [0.5, 0.6) is 0 Å². The number of nitrogens with one attached hydrogen (secondary N) is 1. The van der Waals surface area contributed by atoms with Crippen LogP contribution in [-0.2, 0) is 9.59 Å². The van der Waals surface area contributed by atoms with Gasteiger partial charge in [-0.05, 0) is 48.8 Å².